The number of hydrogen-bond acceptors (Lipinski definition) is 4. The molecule has 0 atom stereocenters. The van der Waals surface area contributed by atoms with Gasteiger partial charge in [0.1, 0.15) is 11.5 Å². The van der Waals surface area contributed by atoms with Crippen molar-refractivity contribution in [2.45, 2.75) is 0 Å². The molecule has 1 heterocycles. The normalized spacial score (nSPS) is 13.8. The fourth-order valence-corrected chi connectivity index (χ4v) is 2.13. The van der Waals surface area contributed by atoms with E-state index in [0.717, 1.165) is 11.0 Å². The first-order valence-electron chi connectivity index (χ1n) is 5.59. The average molecular weight is 255 g/mol. The number of carbonyl (C=O) groups excluding carboxylic acids is 2. The predicted molar refractivity (Wildman–Crippen MR) is 67.7 cm³/mol. The molecule has 0 bridgehead atoms. The molecule has 0 saturated heterocycles. The van der Waals surface area contributed by atoms with Gasteiger partial charge in [-0.15, -0.1) is 0 Å². The fraction of sp³-hybridized carbons (Fsp3) is 0. The van der Waals surface area contributed by atoms with E-state index < -0.39 is 11.7 Å². The maximum Gasteiger partial charge on any atom is 0.304 e. The summed E-state index contributed by atoms with van der Waals surface area (Å²) in [6, 6.07) is 10.4. The molecule has 2 aromatic carbocycles. The molecule has 0 saturated carbocycles. The molecule has 2 aromatic rings. The summed E-state index contributed by atoms with van der Waals surface area (Å²) in [7, 11) is 0. The Balaban J connectivity index is 2.21. The minimum absolute atomic E-state index is 0.118. The smallest absolute Gasteiger partial charge is 0.304 e. The van der Waals surface area contributed by atoms with Gasteiger partial charge in [-0.05, 0) is 24.3 Å². The highest BCUT2D eigenvalue weighted by Gasteiger charge is 2.37. The van der Waals surface area contributed by atoms with E-state index in [-0.39, 0.29) is 17.2 Å². The summed E-state index contributed by atoms with van der Waals surface area (Å²) in [5.41, 5.74) is 0.902. The lowest BCUT2D eigenvalue weighted by molar-refractivity contribution is -0.113. The third kappa shape index (κ3) is 1.55. The van der Waals surface area contributed by atoms with Crippen LogP contribution >= 0.6 is 0 Å². The van der Waals surface area contributed by atoms with Gasteiger partial charge >= 0.3 is 5.91 Å². The molecule has 0 spiro atoms. The van der Waals surface area contributed by atoms with Crippen LogP contribution < -0.4 is 4.90 Å². The van der Waals surface area contributed by atoms with Crippen molar-refractivity contribution in [3.05, 3.63) is 48.0 Å². The van der Waals surface area contributed by atoms with Crippen LogP contribution in [-0.2, 0) is 4.79 Å². The SMILES string of the molecule is O=C1C(=O)N(c2ccc(O)cc2O)c2ccccc21. The summed E-state index contributed by atoms with van der Waals surface area (Å²) in [5.74, 6) is -1.71. The van der Waals surface area contributed by atoms with Crippen LogP contribution in [0, 0.1) is 0 Å². The molecule has 3 rings (SSSR count). The minimum Gasteiger partial charge on any atom is -0.508 e. The van der Waals surface area contributed by atoms with Crippen LogP contribution in [0.4, 0.5) is 11.4 Å². The molecule has 5 nitrogen and oxygen atoms in total. The monoisotopic (exact) mass is 255 g/mol. The van der Waals surface area contributed by atoms with E-state index in [1.165, 1.54) is 12.1 Å². The van der Waals surface area contributed by atoms with Crippen LogP contribution in [0.15, 0.2) is 42.5 Å². The Bertz CT molecular complexity index is 708. The van der Waals surface area contributed by atoms with Crippen molar-refractivity contribution in [1.29, 1.82) is 0 Å². The molecular formula is C14H9NO4. The Morgan fingerprint density at radius 2 is 1.63 bits per heavy atom. The number of Topliss-reactive ketones (excluding diaryl/α,β-unsaturated/α-hetero) is 1. The molecule has 0 aromatic heterocycles. The van der Waals surface area contributed by atoms with Crippen molar-refractivity contribution in [1.82, 2.24) is 0 Å². The van der Waals surface area contributed by atoms with Gasteiger partial charge in [0.2, 0.25) is 0 Å². The molecule has 0 fully saturated rings. The predicted octanol–water partition coefficient (Wildman–Crippen LogP) is 1.96. The summed E-state index contributed by atoms with van der Waals surface area (Å²) >= 11 is 0. The first-order valence-corrected chi connectivity index (χ1v) is 5.59. The number of phenolic OH excluding ortho intramolecular Hbond substituents is 2. The molecule has 19 heavy (non-hydrogen) atoms. The van der Waals surface area contributed by atoms with Crippen molar-refractivity contribution in [2.24, 2.45) is 0 Å². The highest BCUT2D eigenvalue weighted by Crippen LogP contribution is 2.40. The standard InChI is InChI=1S/C14H9NO4/c16-8-5-6-11(12(17)7-8)15-10-4-2-1-3-9(10)13(18)14(15)19/h1-7,16-17H. The van der Waals surface area contributed by atoms with Crippen LogP contribution in [0.3, 0.4) is 0 Å². The molecule has 5 heteroatoms. The first-order chi connectivity index (χ1) is 9.09. The van der Waals surface area contributed by atoms with Crippen molar-refractivity contribution in [3.8, 4) is 11.5 Å². The summed E-state index contributed by atoms with van der Waals surface area (Å²) < 4.78 is 0. The zero-order chi connectivity index (χ0) is 13.6. The molecule has 0 aliphatic carbocycles. The topological polar surface area (TPSA) is 77.8 Å². The number of rotatable bonds is 1. The lowest BCUT2D eigenvalue weighted by Gasteiger charge is -2.17. The van der Waals surface area contributed by atoms with Gasteiger partial charge in [0.05, 0.1) is 16.9 Å². The van der Waals surface area contributed by atoms with E-state index in [4.69, 9.17) is 0 Å². The van der Waals surface area contributed by atoms with E-state index in [1.54, 1.807) is 24.3 Å². The number of benzene rings is 2. The number of amides is 1. The third-order valence-electron chi connectivity index (χ3n) is 2.99. The van der Waals surface area contributed by atoms with Crippen molar-refractivity contribution in [2.75, 3.05) is 4.90 Å². The van der Waals surface area contributed by atoms with E-state index in [0.29, 0.717) is 11.3 Å². The van der Waals surface area contributed by atoms with Gasteiger partial charge in [-0.1, -0.05) is 12.1 Å². The second-order valence-electron chi connectivity index (χ2n) is 4.16. The Kier molecular flexibility index (Phi) is 2.28. The van der Waals surface area contributed by atoms with E-state index >= 15 is 0 Å². The van der Waals surface area contributed by atoms with Crippen LogP contribution in [0.5, 0.6) is 11.5 Å². The van der Waals surface area contributed by atoms with Gasteiger partial charge in [-0.2, -0.15) is 0 Å². The van der Waals surface area contributed by atoms with Gasteiger partial charge in [0.25, 0.3) is 5.78 Å². The Morgan fingerprint density at radius 3 is 2.37 bits per heavy atom. The van der Waals surface area contributed by atoms with E-state index in [2.05, 4.69) is 0 Å². The number of ketones is 1. The zero-order valence-corrected chi connectivity index (χ0v) is 9.70. The Hall–Kier alpha value is -2.82. The second-order valence-corrected chi connectivity index (χ2v) is 4.16. The summed E-state index contributed by atoms with van der Waals surface area (Å²) in [6.07, 6.45) is 0. The summed E-state index contributed by atoms with van der Waals surface area (Å²) in [5, 5.41) is 19.1. The van der Waals surface area contributed by atoms with Crippen LogP contribution in [0.25, 0.3) is 0 Å². The largest absolute Gasteiger partial charge is 0.508 e. The quantitative estimate of drug-likeness (QED) is 0.763. The zero-order valence-electron chi connectivity index (χ0n) is 9.70. The van der Waals surface area contributed by atoms with Gasteiger partial charge in [0, 0.05) is 6.07 Å². The highest BCUT2D eigenvalue weighted by molar-refractivity contribution is 6.53. The summed E-state index contributed by atoms with van der Waals surface area (Å²) in [4.78, 5) is 25.0. The number of aromatic hydroxyl groups is 2. The Labute approximate surface area is 108 Å². The first kappa shape index (κ1) is 11.3. The van der Waals surface area contributed by atoms with Crippen LogP contribution in [0.1, 0.15) is 10.4 Å². The highest BCUT2D eigenvalue weighted by atomic mass is 16.3. The number of phenols is 2. The van der Waals surface area contributed by atoms with E-state index in [1.807, 2.05) is 0 Å². The fourth-order valence-electron chi connectivity index (χ4n) is 2.13. The van der Waals surface area contributed by atoms with Crippen molar-refractivity contribution >= 4 is 23.1 Å². The van der Waals surface area contributed by atoms with Crippen molar-refractivity contribution in [3.63, 3.8) is 0 Å². The average Bonchev–Trinajstić information content (AvgIpc) is 2.64. The molecule has 0 unspecified atom stereocenters. The molecule has 0 radical (unpaired) electrons. The molecule has 1 amide bonds. The van der Waals surface area contributed by atoms with Gasteiger partial charge in [-0.3, -0.25) is 14.5 Å². The third-order valence-corrected chi connectivity index (χ3v) is 2.99. The molecule has 1 aliphatic rings. The van der Waals surface area contributed by atoms with Crippen LogP contribution in [-0.4, -0.2) is 21.9 Å². The van der Waals surface area contributed by atoms with Crippen molar-refractivity contribution < 1.29 is 19.8 Å². The molecular weight excluding hydrogens is 246 g/mol. The molecule has 94 valence electrons. The van der Waals surface area contributed by atoms with Gasteiger partial charge in [0.15, 0.2) is 0 Å². The van der Waals surface area contributed by atoms with Crippen LogP contribution in [0.2, 0.25) is 0 Å². The second kappa shape index (κ2) is 3.84. The van der Waals surface area contributed by atoms with Gasteiger partial charge in [-0.25, -0.2) is 0 Å². The number of anilines is 2. The number of nitrogens with zero attached hydrogens (tertiary/aromatic N) is 1. The number of para-hydroxylation sites is 1. The number of carbonyl (C=O) groups is 2. The minimum atomic E-state index is -0.720. The van der Waals surface area contributed by atoms with Gasteiger partial charge < -0.3 is 10.2 Å². The molecule has 1 aliphatic heterocycles. The molecule has 2 N–H and O–H groups in total. The lowest BCUT2D eigenvalue weighted by Crippen LogP contribution is -2.24. The maximum atomic E-state index is 12.0. The lowest BCUT2D eigenvalue weighted by atomic mass is 10.1. The maximum absolute atomic E-state index is 12.0. The van der Waals surface area contributed by atoms with E-state index in [9.17, 15) is 19.8 Å². The summed E-state index contributed by atoms with van der Waals surface area (Å²) in [6.45, 7) is 0. The number of hydrogen-bond donors (Lipinski definition) is 2. The number of fused-ring (bicyclic) bond motifs is 1. The Morgan fingerprint density at radius 1 is 0.895 bits per heavy atom.